The van der Waals surface area contributed by atoms with Gasteiger partial charge in [-0.15, -0.1) is 11.3 Å². The zero-order valence-electron chi connectivity index (χ0n) is 11.0. The van der Waals surface area contributed by atoms with E-state index in [1.54, 1.807) is 0 Å². The van der Waals surface area contributed by atoms with E-state index >= 15 is 0 Å². The van der Waals surface area contributed by atoms with E-state index in [0.29, 0.717) is 11.7 Å². The van der Waals surface area contributed by atoms with Crippen molar-refractivity contribution in [2.45, 2.75) is 0 Å². The van der Waals surface area contributed by atoms with Gasteiger partial charge in [0.15, 0.2) is 0 Å². The Morgan fingerprint density at radius 1 is 0.952 bits per heavy atom. The van der Waals surface area contributed by atoms with Crippen LogP contribution in [0.2, 0.25) is 0 Å². The van der Waals surface area contributed by atoms with Crippen LogP contribution in [0.5, 0.6) is 0 Å². The minimum absolute atomic E-state index is 0.500. The Hall–Kier alpha value is -2.66. The fraction of sp³-hybridized carbons (Fsp3) is 0. The summed E-state index contributed by atoms with van der Waals surface area (Å²) in [7, 11) is 0. The zero-order chi connectivity index (χ0) is 14.2. The van der Waals surface area contributed by atoms with Gasteiger partial charge in [0, 0.05) is 5.56 Å². The van der Waals surface area contributed by atoms with Crippen LogP contribution >= 0.6 is 11.3 Å². The molecule has 0 saturated heterocycles. The highest BCUT2D eigenvalue weighted by Crippen LogP contribution is 2.31. The minimum atomic E-state index is 0.500. The Morgan fingerprint density at radius 2 is 1.81 bits per heavy atom. The fourth-order valence-electron chi connectivity index (χ4n) is 2.32. The van der Waals surface area contributed by atoms with E-state index in [-0.39, 0.29) is 0 Å². The summed E-state index contributed by atoms with van der Waals surface area (Å²) in [6.45, 7) is 0. The van der Waals surface area contributed by atoms with Gasteiger partial charge < -0.3 is 10.3 Å². The number of benzene rings is 2. The number of hydrogen-bond donors (Lipinski definition) is 1. The van der Waals surface area contributed by atoms with E-state index in [1.807, 2.05) is 36.4 Å². The van der Waals surface area contributed by atoms with Crippen molar-refractivity contribution < 1.29 is 4.52 Å². The van der Waals surface area contributed by atoms with Gasteiger partial charge >= 0.3 is 0 Å². The van der Waals surface area contributed by atoms with Gasteiger partial charge in [-0.3, -0.25) is 0 Å². The molecule has 102 valence electrons. The molecule has 2 N–H and O–H groups in total. The SMILES string of the molecule is Nc1ccc(-c2nc(-c3cccc4ccccc34)no2)s1. The molecule has 0 saturated carbocycles. The minimum Gasteiger partial charge on any atom is -0.391 e. The summed E-state index contributed by atoms with van der Waals surface area (Å²) in [5.41, 5.74) is 6.70. The van der Waals surface area contributed by atoms with Crippen molar-refractivity contribution in [3.05, 3.63) is 54.6 Å². The lowest BCUT2D eigenvalue weighted by Crippen LogP contribution is -1.83. The highest BCUT2D eigenvalue weighted by molar-refractivity contribution is 7.19. The number of aromatic nitrogens is 2. The second kappa shape index (κ2) is 4.71. The Balaban J connectivity index is 1.85. The molecule has 21 heavy (non-hydrogen) atoms. The van der Waals surface area contributed by atoms with E-state index in [4.69, 9.17) is 10.3 Å². The predicted molar refractivity (Wildman–Crippen MR) is 85.0 cm³/mol. The van der Waals surface area contributed by atoms with Crippen LogP contribution in [0, 0.1) is 0 Å². The van der Waals surface area contributed by atoms with Crippen molar-refractivity contribution in [1.29, 1.82) is 0 Å². The van der Waals surface area contributed by atoms with E-state index in [2.05, 4.69) is 28.3 Å². The summed E-state index contributed by atoms with van der Waals surface area (Å²) >= 11 is 1.43. The maximum absolute atomic E-state index is 5.74. The second-order valence-corrected chi connectivity index (χ2v) is 5.77. The molecule has 4 nitrogen and oxygen atoms in total. The van der Waals surface area contributed by atoms with Crippen LogP contribution in [-0.2, 0) is 0 Å². The van der Waals surface area contributed by atoms with Gasteiger partial charge in [-0.05, 0) is 22.9 Å². The maximum atomic E-state index is 5.74. The van der Waals surface area contributed by atoms with Crippen LogP contribution < -0.4 is 5.73 Å². The highest BCUT2D eigenvalue weighted by atomic mass is 32.1. The zero-order valence-corrected chi connectivity index (χ0v) is 11.8. The van der Waals surface area contributed by atoms with Crippen LogP contribution in [0.25, 0.3) is 32.9 Å². The van der Waals surface area contributed by atoms with Gasteiger partial charge in [-0.1, -0.05) is 47.6 Å². The third-order valence-electron chi connectivity index (χ3n) is 3.29. The van der Waals surface area contributed by atoms with Crippen LogP contribution in [0.3, 0.4) is 0 Å². The number of nitrogens with two attached hydrogens (primary N) is 1. The van der Waals surface area contributed by atoms with Crippen LogP contribution in [0.1, 0.15) is 0 Å². The molecule has 5 heteroatoms. The first-order valence-electron chi connectivity index (χ1n) is 6.49. The standard InChI is InChI=1S/C16H11N3OS/c17-14-9-8-13(21-14)16-18-15(19-20-16)12-7-3-5-10-4-1-2-6-11(10)12/h1-9H,17H2. The highest BCUT2D eigenvalue weighted by Gasteiger charge is 2.13. The van der Waals surface area contributed by atoms with E-state index in [1.165, 1.54) is 11.3 Å². The Bertz CT molecular complexity index is 921. The van der Waals surface area contributed by atoms with Crippen molar-refractivity contribution in [3.8, 4) is 22.2 Å². The van der Waals surface area contributed by atoms with Crippen LogP contribution in [-0.4, -0.2) is 10.1 Å². The van der Waals surface area contributed by atoms with Crippen molar-refractivity contribution in [3.63, 3.8) is 0 Å². The molecule has 4 aromatic rings. The molecule has 4 rings (SSSR count). The summed E-state index contributed by atoms with van der Waals surface area (Å²) in [6, 6.07) is 17.9. The normalized spacial score (nSPS) is 11.0. The number of fused-ring (bicyclic) bond motifs is 1. The van der Waals surface area contributed by atoms with E-state index in [0.717, 1.165) is 26.2 Å². The van der Waals surface area contributed by atoms with Crippen LogP contribution in [0.15, 0.2) is 59.1 Å². The molecule has 2 heterocycles. The number of thiophene rings is 1. The Labute approximate surface area is 124 Å². The molecule has 0 radical (unpaired) electrons. The summed E-state index contributed by atoms with van der Waals surface area (Å²) in [5.74, 6) is 1.09. The first-order valence-corrected chi connectivity index (χ1v) is 7.30. The molecule has 2 aromatic heterocycles. The lowest BCUT2D eigenvalue weighted by atomic mass is 10.0. The molecular formula is C16H11N3OS. The van der Waals surface area contributed by atoms with E-state index in [9.17, 15) is 0 Å². The molecule has 0 unspecified atom stereocenters. The third-order valence-corrected chi connectivity index (χ3v) is 4.20. The largest absolute Gasteiger partial charge is 0.391 e. The Kier molecular flexibility index (Phi) is 2.72. The van der Waals surface area contributed by atoms with Gasteiger partial charge in [0.05, 0.1) is 9.88 Å². The van der Waals surface area contributed by atoms with Gasteiger partial charge in [0.25, 0.3) is 5.89 Å². The summed E-state index contributed by atoms with van der Waals surface area (Å²) in [6.07, 6.45) is 0. The number of anilines is 1. The third kappa shape index (κ3) is 2.08. The molecule has 2 aromatic carbocycles. The number of rotatable bonds is 2. The smallest absolute Gasteiger partial charge is 0.268 e. The first kappa shape index (κ1) is 12.1. The molecular weight excluding hydrogens is 282 g/mol. The summed E-state index contributed by atoms with van der Waals surface area (Å²) < 4.78 is 5.36. The summed E-state index contributed by atoms with van der Waals surface area (Å²) in [5, 5.41) is 7.10. The van der Waals surface area contributed by atoms with Gasteiger partial charge in [0.2, 0.25) is 5.82 Å². The molecule has 0 aliphatic rings. The number of nitrogens with zero attached hydrogens (tertiary/aromatic N) is 2. The Morgan fingerprint density at radius 3 is 2.67 bits per heavy atom. The first-order chi connectivity index (χ1) is 10.3. The summed E-state index contributed by atoms with van der Waals surface area (Å²) in [4.78, 5) is 5.37. The molecule has 0 atom stereocenters. The predicted octanol–water partition coefficient (Wildman–Crippen LogP) is 4.20. The molecule has 0 amide bonds. The molecule has 0 spiro atoms. The molecule has 0 aliphatic carbocycles. The lowest BCUT2D eigenvalue weighted by molar-refractivity contribution is 0.433. The van der Waals surface area contributed by atoms with Gasteiger partial charge in [0.1, 0.15) is 0 Å². The molecule has 0 fully saturated rings. The van der Waals surface area contributed by atoms with Crippen LogP contribution in [0.4, 0.5) is 5.00 Å². The van der Waals surface area contributed by atoms with Crippen molar-refractivity contribution in [2.75, 3.05) is 5.73 Å². The molecule has 0 aliphatic heterocycles. The second-order valence-electron chi connectivity index (χ2n) is 4.65. The number of nitrogen functional groups attached to an aromatic ring is 1. The molecule has 0 bridgehead atoms. The van der Waals surface area contributed by atoms with Crippen molar-refractivity contribution in [1.82, 2.24) is 10.1 Å². The maximum Gasteiger partial charge on any atom is 0.268 e. The van der Waals surface area contributed by atoms with Gasteiger partial charge in [-0.2, -0.15) is 4.98 Å². The average Bonchev–Trinajstić information content (AvgIpc) is 3.15. The quantitative estimate of drug-likeness (QED) is 0.601. The number of hydrogen-bond acceptors (Lipinski definition) is 5. The van der Waals surface area contributed by atoms with E-state index < -0.39 is 0 Å². The topological polar surface area (TPSA) is 64.9 Å². The monoisotopic (exact) mass is 293 g/mol. The van der Waals surface area contributed by atoms with Crippen molar-refractivity contribution in [2.24, 2.45) is 0 Å². The van der Waals surface area contributed by atoms with Gasteiger partial charge in [-0.25, -0.2) is 0 Å². The lowest BCUT2D eigenvalue weighted by Gasteiger charge is -2.01. The average molecular weight is 293 g/mol. The fourth-order valence-corrected chi connectivity index (χ4v) is 3.02. The van der Waals surface area contributed by atoms with Crippen molar-refractivity contribution >= 4 is 27.1 Å².